The second kappa shape index (κ2) is 3.78. The molecule has 1 aromatic rings. The van der Waals surface area contributed by atoms with Crippen molar-refractivity contribution < 1.29 is 5.21 Å². The van der Waals surface area contributed by atoms with E-state index < -0.39 is 0 Å². The van der Waals surface area contributed by atoms with Gasteiger partial charge in [0.25, 0.3) is 0 Å². The average molecular weight is 242 g/mol. The Morgan fingerprint density at radius 1 is 1.38 bits per heavy atom. The lowest BCUT2D eigenvalue weighted by molar-refractivity contribution is 0.0782. The van der Waals surface area contributed by atoms with Gasteiger partial charge in [0.2, 0.25) is 0 Å². The van der Waals surface area contributed by atoms with Crippen molar-refractivity contribution in [3.05, 3.63) is 34.3 Å². The maximum atomic E-state index is 8.65. The summed E-state index contributed by atoms with van der Waals surface area (Å²) in [6.07, 6.45) is 2.07. The van der Waals surface area contributed by atoms with Crippen LogP contribution in [-0.4, -0.2) is 11.2 Å². The molecule has 0 spiro atoms. The molecule has 1 aliphatic rings. The Hall–Kier alpha value is -0.380. The maximum Gasteiger partial charge on any atom is 0.0331 e. The van der Waals surface area contributed by atoms with Gasteiger partial charge in [-0.3, -0.25) is 0 Å². The van der Waals surface area contributed by atoms with Gasteiger partial charge in [0.05, 0.1) is 0 Å². The molecule has 0 heterocycles. The zero-order chi connectivity index (χ0) is 9.26. The van der Waals surface area contributed by atoms with Crippen LogP contribution in [0.5, 0.6) is 0 Å². The van der Waals surface area contributed by atoms with Gasteiger partial charge in [-0.2, -0.15) is 0 Å². The largest absolute Gasteiger partial charge is 0.317 e. The fourth-order valence-corrected chi connectivity index (χ4v) is 2.17. The first-order valence-electron chi connectivity index (χ1n) is 4.44. The van der Waals surface area contributed by atoms with E-state index in [0.717, 1.165) is 17.3 Å². The van der Waals surface area contributed by atoms with E-state index in [1.54, 1.807) is 0 Å². The predicted octanol–water partition coefficient (Wildman–Crippen LogP) is 2.67. The molecule has 2 N–H and O–H groups in total. The summed E-state index contributed by atoms with van der Waals surface area (Å²) < 4.78 is 1.13. The van der Waals surface area contributed by atoms with E-state index in [4.69, 9.17) is 5.21 Å². The third-order valence-electron chi connectivity index (χ3n) is 2.64. The molecule has 2 rings (SSSR count). The van der Waals surface area contributed by atoms with Gasteiger partial charge in [-0.1, -0.05) is 28.1 Å². The molecule has 1 saturated carbocycles. The van der Waals surface area contributed by atoms with E-state index >= 15 is 0 Å². The molecule has 0 aliphatic heterocycles. The highest BCUT2D eigenvalue weighted by Gasteiger charge is 2.29. The maximum absolute atomic E-state index is 8.65. The fraction of sp³-hybridized carbons (Fsp3) is 0.400. The molecule has 2 nitrogen and oxygen atoms in total. The van der Waals surface area contributed by atoms with E-state index in [1.165, 1.54) is 5.56 Å². The first-order valence-corrected chi connectivity index (χ1v) is 5.24. The molecule has 3 heteroatoms. The second-order valence-corrected chi connectivity index (χ2v) is 4.47. The van der Waals surface area contributed by atoms with E-state index in [-0.39, 0.29) is 0 Å². The van der Waals surface area contributed by atoms with Gasteiger partial charge in [-0.25, -0.2) is 5.48 Å². The normalized spacial score (nSPS) is 26.9. The average Bonchev–Trinajstić information content (AvgIpc) is 2.02. The van der Waals surface area contributed by atoms with Gasteiger partial charge >= 0.3 is 0 Å². The minimum absolute atomic E-state index is 0.295. The van der Waals surface area contributed by atoms with Gasteiger partial charge in [0.15, 0.2) is 0 Å². The van der Waals surface area contributed by atoms with Crippen LogP contribution >= 0.6 is 15.9 Å². The minimum atomic E-state index is 0.295. The quantitative estimate of drug-likeness (QED) is 0.781. The van der Waals surface area contributed by atoms with E-state index in [9.17, 15) is 0 Å². The Balaban J connectivity index is 2.03. The highest BCUT2D eigenvalue weighted by atomic mass is 79.9. The number of halogens is 1. The van der Waals surface area contributed by atoms with Crippen LogP contribution < -0.4 is 5.48 Å². The van der Waals surface area contributed by atoms with Gasteiger partial charge in [-0.05, 0) is 36.5 Å². The minimum Gasteiger partial charge on any atom is -0.317 e. The molecular formula is C10H12BrNO. The standard InChI is InChI=1S/C10H12BrNO/c11-9-3-1-2-7(4-9)8-5-10(6-8)12-13/h1-4,8,10,12-13H,5-6H2. The summed E-state index contributed by atoms with van der Waals surface area (Å²) in [6.45, 7) is 0. The SMILES string of the molecule is ONC1CC(c2cccc(Br)c2)C1. The van der Waals surface area contributed by atoms with Gasteiger partial charge in [0.1, 0.15) is 0 Å². The number of nitrogens with one attached hydrogen (secondary N) is 1. The lowest BCUT2D eigenvalue weighted by Crippen LogP contribution is -2.38. The zero-order valence-electron chi connectivity index (χ0n) is 7.20. The lowest BCUT2D eigenvalue weighted by atomic mass is 9.76. The van der Waals surface area contributed by atoms with Gasteiger partial charge in [0, 0.05) is 10.5 Å². The molecule has 0 atom stereocenters. The van der Waals surface area contributed by atoms with Crippen LogP contribution in [0.25, 0.3) is 0 Å². The molecule has 0 saturated heterocycles. The monoisotopic (exact) mass is 241 g/mol. The first kappa shape index (κ1) is 9.19. The molecule has 1 aromatic carbocycles. The van der Waals surface area contributed by atoms with Crippen LogP contribution in [0.3, 0.4) is 0 Å². The molecule has 1 aliphatic carbocycles. The van der Waals surface area contributed by atoms with Crippen molar-refractivity contribution in [3.8, 4) is 0 Å². The summed E-state index contributed by atoms with van der Waals surface area (Å²) in [5.74, 6) is 0.613. The Kier molecular flexibility index (Phi) is 2.67. The van der Waals surface area contributed by atoms with Crippen LogP contribution in [0.2, 0.25) is 0 Å². The highest BCUT2D eigenvalue weighted by Crippen LogP contribution is 2.37. The molecule has 0 radical (unpaired) electrons. The number of benzene rings is 1. The summed E-state index contributed by atoms with van der Waals surface area (Å²) in [5.41, 5.74) is 3.67. The molecule has 0 amide bonds. The van der Waals surface area contributed by atoms with Crippen LogP contribution in [0.15, 0.2) is 28.7 Å². The summed E-state index contributed by atoms with van der Waals surface area (Å²) in [6, 6.07) is 8.67. The molecule has 13 heavy (non-hydrogen) atoms. The second-order valence-electron chi connectivity index (χ2n) is 3.55. The smallest absolute Gasteiger partial charge is 0.0331 e. The summed E-state index contributed by atoms with van der Waals surface area (Å²) in [5, 5.41) is 8.65. The number of hydrogen-bond acceptors (Lipinski definition) is 2. The Bertz CT molecular complexity index is 297. The van der Waals surface area contributed by atoms with Crippen molar-refractivity contribution in [3.63, 3.8) is 0 Å². The van der Waals surface area contributed by atoms with E-state index in [0.29, 0.717) is 12.0 Å². The topological polar surface area (TPSA) is 32.3 Å². The van der Waals surface area contributed by atoms with Crippen molar-refractivity contribution in [1.29, 1.82) is 0 Å². The number of hydroxylamine groups is 1. The first-order chi connectivity index (χ1) is 6.29. The Labute approximate surface area is 86.1 Å². The lowest BCUT2D eigenvalue weighted by Gasteiger charge is -2.34. The van der Waals surface area contributed by atoms with Crippen molar-refractivity contribution in [1.82, 2.24) is 5.48 Å². The van der Waals surface area contributed by atoms with E-state index in [2.05, 4.69) is 39.6 Å². The van der Waals surface area contributed by atoms with Crippen molar-refractivity contribution >= 4 is 15.9 Å². The van der Waals surface area contributed by atoms with E-state index in [1.807, 2.05) is 6.07 Å². The molecule has 1 fully saturated rings. The van der Waals surface area contributed by atoms with Crippen LogP contribution in [-0.2, 0) is 0 Å². The molecule has 0 aromatic heterocycles. The Morgan fingerprint density at radius 2 is 2.15 bits per heavy atom. The highest BCUT2D eigenvalue weighted by molar-refractivity contribution is 9.10. The summed E-state index contributed by atoms with van der Waals surface area (Å²) >= 11 is 3.45. The zero-order valence-corrected chi connectivity index (χ0v) is 8.79. The molecule has 0 unspecified atom stereocenters. The fourth-order valence-electron chi connectivity index (χ4n) is 1.76. The van der Waals surface area contributed by atoms with Crippen molar-refractivity contribution in [2.24, 2.45) is 0 Å². The van der Waals surface area contributed by atoms with Crippen LogP contribution in [0.4, 0.5) is 0 Å². The van der Waals surface area contributed by atoms with Crippen molar-refractivity contribution in [2.75, 3.05) is 0 Å². The molecule has 0 bridgehead atoms. The van der Waals surface area contributed by atoms with Crippen LogP contribution in [0, 0.1) is 0 Å². The predicted molar refractivity (Wildman–Crippen MR) is 54.8 cm³/mol. The molecular weight excluding hydrogens is 230 g/mol. The molecule has 70 valence electrons. The third-order valence-corrected chi connectivity index (χ3v) is 3.13. The van der Waals surface area contributed by atoms with Crippen LogP contribution in [0.1, 0.15) is 24.3 Å². The summed E-state index contributed by atoms with van der Waals surface area (Å²) in [4.78, 5) is 0. The number of rotatable bonds is 2. The summed E-state index contributed by atoms with van der Waals surface area (Å²) in [7, 11) is 0. The van der Waals surface area contributed by atoms with Crippen molar-refractivity contribution in [2.45, 2.75) is 24.8 Å². The Morgan fingerprint density at radius 3 is 2.77 bits per heavy atom. The number of hydrogen-bond donors (Lipinski definition) is 2. The van der Waals surface area contributed by atoms with Gasteiger partial charge < -0.3 is 5.21 Å². The third kappa shape index (κ3) is 1.93. The van der Waals surface area contributed by atoms with Gasteiger partial charge in [-0.15, -0.1) is 0 Å².